The molecule has 1 rings (SSSR count). The molecule has 0 aromatic carbocycles. The molecule has 1 aromatic heterocycles. The lowest BCUT2D eigenvalue weighted by molar-refractivity contribution is -0.143. The van der Waals surface area contributed by atoms with Gasteiger partial charge in [-0.2, -0.15) is 18.3 Å². The number of hydrogen-bond donors (Lipinski definition) is 1. The molecule has 1 aromatic rings. The van der Waals surface area contributed by atoms with Crippen molar-refractivity contribution in [1.29, 1.82) is 0 Å². The number of nitrogens with two attached hydrogens (primary N) is 1. The number of aromatic nitrogens is 2. The van der Waals surface area contributed by atoms with E-state index in [4.69, 9.17) is 17.3 Å². The van der Waals surface area contributed by atoms with Crippen molar-refractivity contribution in [3.05, 3.63) is 10.8 Å². The third kappa shape index (κ3) is 1.34. The molecule has 12 heavy (non-hydrogen) atoms. The fourth-order valence-corrected chi connectivity index (χ4v) is 1.05. The Hall–Kier alpha value is -0.910. The van der Waals surface area contributed by atoms with Gasteiger partial charge in [-0.05, 0) is 0 Å². The molecule has 0 unspecified atom stereocenters. The topological polar surface area (TPSA) is 43.8 Å². The van der Waals surface area contributed by atoms with E-state index in [1.807, 2.05) is 0 Å². The van der Waals surface area contributed by atoms with Crippen LogP contribution in [0, 0.1) is 0 Å². The molecule has 0 amide bonds. The summed E-state index contributed by atoms with van der Waals surface area (Å²) in [5, 5.41) is 2.99. The minimum absolute atomic E-state index is 0.329. The molecule has 1 heterocycles. The third-order valence-corrected chi connectivity index (χ3v) is 1.59. The second-order valence-corrected chi connectivity index (χ2v) is 2.53. The standard InChI is InChI=1S/C5H5ClF3N3/c1-12-3(5(7,8)9)2(10)4(6)11-12/h10H2,1H3. The maximum Gasteiger partial charge on any atom is 0.435 e. The number of nitrogens with zero attached hydrogens (tertiary/aromatic N) is 2. The van der Waals surface area contributed by atoms with Crippen molar-refractivity contribution in [2.24, 2.45) is 7.05 Å². The van der Waals surface area contributed by atoms with Crippen molar-refractivity contribution >= 4 is 17.3 Å². The predicted octanol–water partition coefficient (Wildman–Crippen LogP) is 1.67. The number of hydrogen-bond acceptors (Lipinski definition) is 2. The van der Waals surface area contributed by atoms with Gasteiger partial charge < -0.3 is 5.73 Å². The summed E-state index contributed by atoms with van der Waals surface area (Å²) in [6, 6.07) is 0. The van der Waals surface area contributed by atoms with Crippen molar-refractivity contribution in [1.82, 2.24) is 9.78 Å². The molecule has 0 aliphatic carbocycles. The first-order valence-corrected chi connectivity index (χ1v) is 3.27. The molecule has 0 atom stereocenters. The van der Waals surface area contributed by atoms with E-state index in [0.29, 0.717) is 4.68 Å². The molecule has 0 saturated carbocycles. The fourth-order valence-electron chi connectivity index (χ4n) is 0.844. The fraction of sp³-hybridized carbons (Fsp3) is 0.400. The van der Waals surface area contributed by atoms with Crippen molar-refractivity contribution in [2.45, 2.75) is 6.18 Å². The van der Waals surface area contributed by atoms with Crippen LogP contribution < -0.4 is 5.73 Å². The van der Waals surface area contributed by atoms with Crippen LogP contribution in [0.25, 0.3) is 0 Å². The number of rotatable bonds is 0. The van der Waals surface area contributed by atoms with E-state index in [-0.39, 0.29) is 5.15 Å². The van der Waals surface area contributed by atoms with Crippen LogP contribution in [0.3, 0.4) is 0 Å². The Bertz CT molecular complexity index is 304. The van der Waals surface area contributed by atoms with Crippen molar-refractivity contribution in [3.63, 3.8) is 0 Å². The average Bonchev–Trinajstić information content (AvgIpc) is 2.05. The lowest BCUT2D eigenvalue weighted by Gasteiger charge is -2.06. The first-order valence-electron chi connectivity index (χ1n) is 2.89. The average molecular weight is 200 g/mol. The van der Waals surface area contributed by atoms with Gasteiger partial charge in [-0.25, -0.2) is 0 Å². The quantitative estimate of drug-likeness (QED) is 0.691. The lowest BCUT2D eigenvalue weighted by Crippen LogP contribution is -2.13. The second-order valence-electron chi connectivity index (χ2n) is 2.17. The molecular formula is C5H5ClF3N3. The molecule has 0 aliphatic rings. The zero-order valence-corrected chi connectivity index (χ0v) is 6.74. The molecule has 0 aliphatic heterocycles. The summed E-state index contributed by atoms with van der Waals surface area (Å²) >= 11 is 5.28. The van der Waals surface area contributed by atoms with E-state index < -0.39 is 17.6 Å². The van der Waals surface area contributed by atoms with Gasteiger partial charge in [-0.3, -0.25) is 4.68 Å². The molecular weight excluding hydrogens is 195 g/mol. The molecule has 0 radical (unpaired) electrons. The molecule has 3 nitrogen and oxygen atoms in total. The maximum atomic E-state index is 12.1. The van der Waals surface area contributed by atoms with E-state index in [2.05, 4.69) is 5.10 Å². The van der Waals surface area contributed by atoms with Crippen molar-refractivity contribution in [3.8, 4) is 0 Å². The van der Waals surface area contributed by atoms with Crippen LogP contribution >= 0.6 is 11.6 Å². The van der Waals surface area contributed by atoms with Gasteiger partial charge in [-0.1, -0.05) is 11.6 Å². The number of alkyl halides is 3. The Morgan fingerprint density at radius 3 is 2.17 bits per heavy atom. The van der Waals surface area contributed by atoms with E-state index in [1.165, 1.54) is 0 Å². The Morgan fingerprint density at radius 1 is 1.50 bits per heavy atom. The summed E-state index contributed by atoms with van der Waals surface area (Å²) in [4.78, 5) is 0. The Labute approximate surface area is 70.9 Å². The van der Waals surface area contributed by atoms with E-state index in [1.54, 1.807) is 0 Å². The molecule has 0 saturated heterocycles. The van der Waals surface area contributed by atoms with Crippen LogP contribution in [0.5, 0.6) is 0 Å². The Kier molecular flexibility index (Phi) is 1.95. The monoisotopic (exact) mass is 199 g/mol. The zero-order chi connectivity index (χ0) is 9.52. The first-order chi connectivity index (χ1) is 5.34. The maximum absolute atomic E-state index is 12.1. The summed E-state index contributed by atoms with van der Waals surface area (Å²) in [7, 11) is 1.13. The number of aryl methyl sites for hydroxylation is 1. The Balaban J connectivity index is 3.32. The molecule has 7 heteroatoms. The van der Waals surface area contributed by atoms with Crippen LogP contribution in [0.2, 0.25) is 5.15 Å². The molecule has 0 fully saturated rings. The SMILES string of the molecule is Cn1nc(Cl)c(N)c1C(F)(F)F. The van der Waals surface area contributed by atoms with Crippen molar-refractivity contribution < 1.29 is 13.2 Å². The highest BCUT2D eigenvalue weighted by Crippen LogP contribution is 2.35. The second kappa shape index (κ2) is 2.55. The zero-order valence-electron chi connectivity index (χ0n) is 5.98. The van der Waals surface area contributed by atoms with Crippen LogP contribution in [0.4, 0.5) is 18.9 Å². The normalized spacial score (nSPS) is 12.1. The van der Waals surface area contributed by atoms with E-state index in [0.717, 1.165) is 7.05 Å². The van der Waals surface area contributed by atoms with Crippen LogP contribution in [0.1, 0.15) is 5.69 Å². The third-order valence-electron chi connectivity index (χ3n) is 1.31. The smallest absolute Gasteiger partial charge is 0.394 e. The van der Waals surface area contributed by atoms with Gasteiger partial charge in [0.15, 0.2) is 10.8 Å². The minimum Gasteiger partial charge on any atom is -0.394 e. The van der Waals surface area contributed by atoms with E-state index in [9.17, 15) is 13.2 Å². The predicted molar refractivity (Wildman–Crippen MR) is 37.6 cm³/mol. The molecule has 2 N–H and O–H groups in total. The largest absolute Gasteiger partial charge is 0.435 e. The molecule has 0 spiro atoms. The van der Waals surface area contributed by atoms with E-state index >= 15 is 0 Å². The summed E-state index contributed by atoms with van der Waals surface area (Å²) in [6.07, 6.45) is -4.51. The lowest BCUT2D eigenvalue weighted by atomic mass is 10.3. The van der Waals surface area contributed by atoms with Gasteiger partial charge in [0.2, 0.25) is 0 Å². The highest BCUT2D eigenvalue weighted by atomic mass is 35.5. The summed E-state index contributed by atoms with van der Waals surface area (Å²) in [5.74, 6) is 0. The number of nitrogen functional groups attached to an aromatic ring is 1. The van der Waals surface area contributed by atoms with Gasteiger partial charge in [0.05, 0.1) is 0 Å². The molecule has 0 bridgehead atoms. The highest BCUT2D eigenvalue weighted by molar-refractivity contribution is 6.32. The summed E-state index contributed by atoms with van der Waals surface area (Å²) in [5.41, 5.74) is 3.50. The number of halogens is 4. The van der Waals surface area contributed by atoms with Crippen molar-refractivity contribution in [2.75, 3.05) is 5.73 Å². The summed E-state index contributed by atoms with van der Waals surface area (Å²) < 4.78 is 37.0. The van der Waals surface area contributed by atoms with Crippen LogP contribution in [-0.2, 0) is 13.2 Å². The molecule has 68 valence electrons. The van der Waals surface area contributed by atoms with Gasteiger partial charge in [0.1, 0.15) is 5.69 Å². The van der Waals surface area contributed by atoms with Gasteiger partial charge in [-0.15, -0.1) is 0 Å². The Morgan fingerprint density at radius 2 is 2.00 bits per heavy atom. The first kappa shape index (κ1) is 9.18. The van der Waals surface area contributed by atoms with Gasteiger partial charge in [0.25, 0.3) is 0 Å². The minimum atomic E-state index is -4.51. The van der Waals surface area contributed by atoms with Gasteiger partial charge >= 0.3 is 6.18 Å². The highest BCUT2D eigenvalue weighted by Gasteiger charge is 2.38. The van der Waals surface area contributed by atoms with Crippen LogP contribution in [0.15, 0.2) is 0 Å². The van der Waals surface area contributed by atoms with Gasteiger partial charge in [0, 0.05) is 7.05 Å². The number of anilines is 1. The van der Waals surface area contributed by atoms with Crippen LogP contribution in [-0.4, -0.2) is 9.78 Å². The summed E-state index contributed by atoms with van der Waals surface area (Å²) in [6.45, 7) is 0.